The Hall–Kier alpha value is -0.650. The van der Waals surface area contributed by atoms with Crippen molar-refractivity contribution in [2.24, 2.45) is 5.41 Å². The Morgan fingerprint density at radius 1 is 1.32 bits per heavy atom. The zero-order valence-electron chi connectivity index (χ0n) is 12.4. The molecule has 114 valence electrons. The predicted molar refractivity (Wildman–Crippen MR) is 73.2 cm³/mol. The molecule has 0 aromatic heterocycles. The molecular formula is C14H28O5. The Kier molecular flexibility index (Phi) is 9.83. The van der Waals surface area contributed by atoms with Gasteiger partial charge < -0.3 is 19.7 Å². The summed E-state index contributed by atoms with van der Waals surface area (Å²) < 4.78 is 10.1. The Morgan fingerprint density at radius 3 is 2.47 bits per heavy atom. The second kappa shape index (κ2) is 10.2. The van der Waals surface area contributed by atoms with E-state index in [-0.39, 0.29) is 13.0 Å². The van der Waals surface area contributed by atoms with Crippen molar-refractivity contribution in [1.29, 1.82) is 0 Å². The molecule has 0 aromatic rings. The third-order valence-corrected chi connectivity index (χ3v) is 3.51. The third kappa shape index (κ3) is 6.89. The van der Waals surface area contributed by atoms with Crippen molar-refractivity contribution < 1.29 is 24.5 Å². The van der Waals surface area contributed by atoms with E-state index in [0.29, 0.717) is 26.1 Å². The molecule has 5 heteroatoms. The van der Waals surface area contributed by atoms with Crippen LogP contribution in [0.15, 0.2) is 0 Å². The van der Waals surface area contributed by atoms with E-state index >= 15 is 0 Å². The van der Waals surface area contributed by atoms with E-state index < -0.39 is 17.5 Å². The molecule has 0 amide bonds. The molecule has 0 fully saturated rings. The van der Waals surface area contributed by atoms with Gasteiger partial charge in [0.05, 0.1) is 31.3 Å². The van der Waals surface area contributed by atoms with Gasteiger partial charge in [0.1, 0.15) is 0 Å². The van der Waals surface area contributed by atoms with Crippen molar-refractivity contribution in [2.75, 3.05) is 26.9 Å². The molecule has 0 bridgehead atoms. The van der Waals surface area contributed by atoms with E-state index in [4.69, 9.17) is 9.47 Å². The minimum atomic E-state index is -0.833. The molecule has 2 N–H and O–H groups in total. The molecule has 0 saturated carbocycles. The number of ether oxygens (including phenoxy) is 2. The Bertz CT molecular complexity index is 244. The maximum absolute atomic E-state index is 11.5. The first kappa shape index (κ1) is 18.4. The van der Waals surface area contributed by atoms with Gasteiger partial charge in [-0.2, -0.15) is 0 Å². The van der Waals surface area contributed by atoms with Crippen molar-refractivity contribution in [1.82, 2.24) is 0 Å². The summed E-state index contributed by atoms with van der Waals surface area (Å²) in [7, 11) is 1.58. The molecule has 0 spiro atoms. The van der Waals surface area contributed by atoms with Crippen LogP contribution in [0.5, 0.6) is 0 Å². The summed E-state index contributed by atoms with van der Waals surface area (Å²) in [6.07, 6.45) is 2.44. The highest BCUT2D eigenvalue weighted by atomic mass is 16.5. The van der Waals surface area contributed by atoms with Crippen molar-refractivity contribution in [3.8, 4) is 0 Å². The van der Waals surface area contributed by atoms with Crippen LogP contribution in [0.2, 0.25) is 0 Å². The maximum atomic E-state index is 11.5. The van der Waals surface area contributed by atoms with Crippen molar-refractivity contribution in [3.63, 3.8) is 0 Å². The van der Waals surface area contributed by atoms with Gasteiger partial charge in [0, 0.05) is 7.11 Å². The van der Waals surface area contributed by atoms with Crippen LogP contribution >= 0.6 is 0 Å². The van der Waals surface area contributed by atoms with E-state index in [1.54, 1.807) is 7.11 Å². The highest BCUT2D eigenvalue weighted by Crippen LogP contribution is 2.34. The number of carboxylic acid groups (broad SMARTS) is 1. The molecule has 0 saturated heterocycles. The quantitative estimate of drug-likeness (QED) is 0.534. The number of carboxylic acids is 1. The van der Waals surface area contributed by atoms with Gasteiger partial charge in [-0.3, -0.25) is 4.79 Å². The molecule has 0 aliphatic carbocycles. The van der Waals surface area contributed by atoms with Crippen LogP contribution in [0.4, 0.5) is 0 Å². The number of aliphatic hydroxyl groups is 1. The van der Waals surface area contributed by atoms with E-state index in [1.807, 2.05) is 13.8 Å². The fourth-order valence-electron chi connectivity index (χ4n) is 2.16. The number of methoxy groups -OCH3 is 1. The van der Waals surface area contributed by atoms with E-state index in [2.05, 4.69) is 0 Å². The van der Waals surface area contributed by atoms with Crippen LogP contribution in [0.25, 0.3) is 0 Å². The van der Waals surface area contributed by atoms with Crippen LogP contribution in [0.1, 0.15) is 46.0 Å². The summed E-state index contributed by atoms with van der Waals surface area (Å²) in [4.78, 5) is 11.5. The third-order valence-electron chi connectivity index (χ3n) is 3.51. The number of rotatable bonds is 12. The smallest absolute Gasteiger partial charge is 0.309 e. The SMILES string of the molecule is CCCCC(CC)(CC(O)COCCOC)C(=O)O. The van der Waals surface area contributed by atoms with Gasteiger partial charge in [0.15, 0.2) is 0 Å². The number of aliphatic hydroxyl groups excluding tert-OH is 1. The van der Waals surface area contributed by atoms with Gasteiger partial charge in [0.2, 0.25) is 0 Å². The average Bonchev–Trinajstić information content (AvgIpc) is 2.39. The number of unbranched alkanes of at least 4 members (excludes halogenated alkanes) is 1. The van der Waals surface area contributed by atoms with Crippen LogP contribution in [-0.4, -0.2) is 49.2 Å². The lowest BCUT2D eigenvalue weighted by Gasteiger charge is -2.30. The minimum absolute atomic E-state index is 0.157. The van der Waals surface area contributed by atoms with Crippen LogP contribution < -0.4 is 0 Å². The normalized spacial score (nSPS) is 16.0. The molecule has 0 aliphatic rings. The van der Waals surface area contributed by atoms with Gasteiger partial charge >= 0.3 is 5.97 Å². The second-order valence-corrected chi connectivity index (χ2v) is 4.97. The van der Waals surface area contributed by atoms with Crippen molar-refractivity contribution in [3.05, 3.63) is 0 Å². The van der Waals surface area contributed by atoms with Crippen molar-refractivity contribution in [2.45, 2.75) is 52.1 Å². The monoisotopic (exact) mass is 276 g/mol. The Balaban J connectivity index is 4.33. The first-order chi connectivity index (χ1) is 9.02. The fraction of sp³-hybridized carbons (Fsp3) is 0.929. The Labute approximate surface area is 115 Å². The average molecular weight is 276 g/mol. The van der Waals surface area contributed by atoms with Gasteiger partial charge in [-0.25, -0.2) is 0 Å². The molecule has 0 radical (unpaired) electrons. The molecule has 0 aromatic carbocycles. The molecule has 5 nitrogen and oxygen atoms in total. The predicted octanol–water partition coefficient (Wildman–Crippen LogP) is 2.07. The molecule has 0 aliphatic heterocycles. The summed E-state index contributed by atoms with van der Waals surface area (Å²) >= 11 is 0. The van der Waals surface area contributed by atoms with Crippen LogP contribution in [0.3, 0.4) is 0 Å². The molecule has 0 rings (SSSR count). The standard InChI is InChI=1S/C14H28O5/c1-4-6-7-14(5-2,13(16)17)10-12(15)11-19-9-8-18-3/h12,15H,4-11H2,1-3H3,(H,16,17). The van der Waals surface area contributed by atoms with E-state index in [9.17, 15) is 15.0 Å². The van der Waals surface area contributed by atoms with Gasteiger partial charge in [-0.15, -0.1) is 0 Å². The summed E-state index contributed by atoms with van der Waals surface area (Å²) in [5, 5.41) is 19.4. The second-order valence-electron chi connectivity index (χ2n) is 4.97. The zero-order chi connectivity index (χ0) is 14.7. The molecule has 2 atom stereocenters. The van der Waals surface area contributed by atoms with Gasteiger partial charge in [-0.1, -0.05) is 26.7 Å². The van der Waals surface area contributed by atoms with Crippen LogP contribution in [-0.2, 0) is 14.3 Å². The highest BCUT2D eigenvalue weighted by molar-refractivity contribution is 5.74. The molecular weight excluding hydrogens is 248 g/mol. The summed E-state index contributed by atoms with van der Waals surface area (Å²) in [6, 6.07) is 0. The van der Waals surface area contributed by atoms with Crippen LogP contribution in [0, 0.1) is 5.41 Å². The first-order valence-corrected chi connectivity index (χ1v) is 7.00. The number of hydrogen-bond donors (Lipinski definition) is 2. The molecule has 2 unspecified atom stereocenters. The largest absolute Gasteiger partial charge is 0.481 e. The lowest BCUT2D eigenvalue weighted by atomic mass is 9.76. The van der Waals surface area contributed by atoms with E-state index in [0.717, 1.165) is 12.8 Å². The zero-order valence-corrected chi connectivity index (χ0v) is 12.4. The van der Waals surface area contributed by atoms with Crippen molar-refractivity contribution >= 4 is 5.97 Å². The number of hydrogen-bond acceptors (Lipinski definition) is 4. The minimum Gasteiger partial charge on any atom is -0.481 e. The fourth-order valence-corrected chi connectivity index (χ4v) is 2.16. The lowest BCUT2D eigenvalue weighted by molar-refractivity contribution is -0.152. The molecule has 19 heavy (non-hydrogen) atoms. The number of carbonyl (C=O) groups is 1. The Morgan fingerprint density at radius 2 is 2.00 bits per heavy atom. The van der Waals surface area contributed by atoms with E-state index in [1.165, 1.54) is 0 Å². The summed E-state index contributed by atoms with van der Waals surface area (Å²) in [6.45, 7) is 4.94. The summed E-state index contributed by atoms with van der Waals surface area (Å²) in [5.74, 6) is -0.820. The lowest BCUT2D eigenvalue weighted by Crippen LogP contribution is -2.36. The van der Waals surface area contributed by atoms with Gasteiger partial charge in [-0.05, 0) is 19.3 Å². The first-order valence-electron chi connectivity index (χ1n) is 7.00. The highest BCUT2D eigenvalue weighted by Gasteiger charge is 2.37. The topological polar surface area (TPSA) is 76.0 Å². The molecule has 0 heterocycles. The number of aliphatic carboxylic acids is 1. The van der Waals surface area contributed by atoms with Gasteiger partial charge in [0.25, 0.3) is 0 Å². The summed E-state index contributed by atoms with van der Waals surface area (Å²) in [5.41, 5.74) is -0.833. The maximum Gasteiger partial charge on any atom is 0.309 e.